The van der Waals surface area contributed by atoms with Gasteiger partial charge in [0.1, 0.15) is 18.3 Å². The van der Waals surface area contributed by atoms with Gasteiger partial charge in [-0.05, 0) is 6.92 Å². The van der Waals surface area contributed by atoms with Gasteiger partial charge in [-0.2, -0.15) is 5.26 Å². The van der Waals surface area contributed by atoms with E-state index < -0.39 is 23.6 Å². The number of aromatic nitrogens is 2. The zero-order valence-electron chi connectivity index (χ0n) is 8.52. The molecule has 0 aliphatic heterocycles. The van der Waals surface area contributed by atoms with Crippen molar-refractivity contribution in [2.45, 2.75) is 13.5 Å². The number of carbonyl (C=O) groups is 1. The molecule has 1 N–H and O–H groups in total. The summed E-state index contributed by atoms with van der Waals surface area (Å²) in [5.41, 5.74) is -1.94. The summed E-state index contributed by atoms with van der Waals surface area (Å²) in [6, 6.07) is 1.70. The first kappa shape index (κ1) is 11.7. The molecule has 7 heteroatoms. The standard InChI is InChI=1S/C9H9N3O4/c1-2-16-7(13)5-12-6(3-10)4-11-8(14)9(12)15/h4H,2,5H2,1H3,(H,11,14). The predicted octanol–water partition coefficient (Wildman–Crippen LogP) is -1.03. The fourth-order valence-electron chi connectivity index (χ4n) is 1.09. The zero-order valence-corrected chi connectivity index (χ0v) is 8.52. The number of nitrogens with one attached hydrogen (secondary N) is 1. The van der Waals surface area contributed by atoms with Crippen molar-refractivity contribution < 1.29 is 9.53 Å². The van der Waals surface area contributed by atoms with Gasteiger partial charge in [0.25, 0.3) is 0 Å². The summed E-state index contributed by atoms with van der Waals surface area (Å²) in [5, 5.41) is 8.69. The van der Waals surface area contributed by atoms with Gasteiger partial charge >= 0.3 is 17.1 Å². The Morgan fingerprint density at radius 3 is 2.88 bits per heavy atom. The number of carbonyl (C=O) groups excluding carboxylic acids is 1. The topological polar surface area (TPSA) is 105 Å². The Labute approximate surface area is 89.9 Å². The van der Waals surface area contributed by atoms with E-state index in [0.717, 1.165) is 10.8 Å². The minimum Gasteiger partial charge on any atom is -0.465 e. The molecule has 0 radical (unpaired) electrons. The first-order valence-electron chi connectivity index (χ1n) is 4.48. The van der Waals surface area contributed by atoms with E-state index in [0.29, 0.717) is 0 Å². The highest BCUT2D eigenvalue weighted by molar-refractivity contribution is 5.69. The van der Waals surface area contributed by atoms with Crippen LogP contribution in [0, 0.1) is 11.3 Å². The SMILES string of the molecule is CCOC(=O)Cn1c(C#N)c[nH]c(=O)c1=O. The van der Waals surface area contributed by atoms with Crippen LogP contribution in [0.25, 0.3) is 0 Å². The maximum atomic E-state index is 11.3. The van der Waals surface area contributed by atoms with Crippen molar-refractivity contribution in [2.24, 2.45) is 0 Å². The molecule has 16 heavy (non-hydrogen) atoms. The van der Waals surface area contributed by atoms with Gasteiger partial charge in [0, 0.05) is 6.20 Å². The number of H-pyrrole nitrogens is 1. The fourth-order valence-corrected chi connectivity index (χ4v) is 1.09. The maximum absolute atomic E-state index is 11.3. The van der Waals surface area contributed by atoms with Crippen LogP contribution in [0.3, 0.4) is 0 Å². The van der Waals surface area contributed by atoms with Gasteiger partial charge in [-0.1, -0.05) is 0 Å². The average molecular weight is 223 g/mol. The molecular formula is C9H9N3O4. The van der Waals surface area contributed by atoms with Crippen LogP contribution in [0.2, 0.25) is 0 Å². The van der Waals surface area contributed by atoms with E-state index in [4.69, 9.17) is 5.26 Å². The molecule has 84 valence electrons. The quantitative estimate of drug-likeness (QED) is 0.521. The Bertz CT molecular complexity index is 549. The largest absolute Gasteiger partial charge is 0.465 e. The van der Waals surface area contributed by atoms with Crippen molar-refractivity contribution >= 4 is 5.97 Å². The number of nitrogens with zero attached hydrogens (tertiary/aromatic N) is 2. The lowest BCUT2D eigenvalue weighted by atomic mass is 10.4. The fraction of sp³-hybridized carbons (Fsp3) is 0.333. The van der Waals surface area contributed by atoms with Crippen LogP contribution in [0.4, 0.5) is 0 Å². The Morgan fingerprint density at radius 1 is 1.62 bits per heavy atom. The molecule has 0 aromatic carbocycles. The van der Waals surface area contributed by atoms with Crippen molar-refractivity contribution in [1.29, 1.82) is 5.26 Å². The lowest BCUT2D eigenvalue weighted by Gasteiger charge is -2.05. The molecule has 0 atom stereocenters. The van der Waals surface area contributed by atoms with Gasteiger partial charge < -0.3 is 9.72 Å². The second-order valence-electron chi connectivity index (χ2n) is 2.81. The van der Waals surface area contributed by atoms with Gasteiger partial charge in [-0.3, -0.25) is 19.0 Å². The van der Waals surface area contributed by atoms with Crippen molar-refractivity contribution in [3.63, 3.8) is 0 Å². The molecule has 0 fully saturated rings. The minimum atomic E-state index is -0.952. The van der Waals surface area contributed by atoms with Crippen LogP contribution >= 0.6 is 0 Å². The number of hydrogen-bond acceptors (Lipinski definition) is 5. The number of ether oxygens (including phenoxy) is 1. The first-order valence-corrected chi connectivity index (χ1v) is 4.48. The maximum Gasteiger partial charge on any atom is 0.326 e. The highest BCUT2D eigenvalue weighted by Gasteiger charge is 2.11. The van der Waals surface area contributed by atoms with E-state index in [2.05, 4.69) is 9.72 Å². The lowest BCUT2D eigenvalue weighted by Crippen LogP contribution is -2.39. The third-order valence-corrected chi connectivity index (χ3v) is 1.78. The second-order valence-corrected chi connectivity index (χ2v) is 2.81. The number of nitriles is 1. The van der Waals surface area contributed by atoms with Crippen LogP contribution in [0.5, 0.6) is 0 Å². The van der Waals surface area contributed by atoms with Gasteiger partial charge in [0.2, 0.25) is 0 Å². The Hall–Kier alpha value is -2.36. The van der Waals surface area contributed by atoms with E-state index in [1.165, 1.54) is 0 Å². The van der Waals surface area contributed by atoms with Crippen LogP contribution < -0.4 is 11.1 Å². The monoisotopic (exact) mass is 223 g/mol. The van der Waals surface area contributed by atoms with Gasteiger partial charge in [-0.25, -0.2) is 0 Å². The Kier molecular flexibility index (Phi) is 3.61. The molecule has 0 bridgehead atoms. The molecule has 1 aromatic heterocycles. The van der Waals surface area contributed by atoms with Gasteiger partial charge in [-0.15, -0.1) is 0 Å². The summed E-state index contributed by atoms with van der Waals surface area (Å²) in [6.07, 6.45) is 1.07. The third kappa shape index (κ3) is 2.36. The Balaban J connectivity index is 3.17. The van der Waals surface area contributed by atoms with Crippen LogP contribution in [-0.4, -0.2) is 22.1 Å². The molecule has 0 aliphatic carbocycles. The first-order chi connectivity index (χ1) is 7.60. The average Bonchev–Trinajstić information content (AvgIpc) is 2.25. The number of aromatic amines is 1. The summed E-state index contributed by atoms with van der Waals surface area (Å²) in [5.74, 6) is -0.674. The molecule has 0 aliphatic rings. The van der Waals surface area contributed by atoms with E-state index in [1.807, 2.05) is 0 Å². The van der Waals surface area contributed by atoms with Gasteiger partial charge in [0.05, 0.1) is 6.61 Å². The highest BCUT2D eigenvalue weighted by Crippen LogP contribution is 1.91. The molecule has 0 saturated carbocycles. The molecular weight excluding hydrogens is 214 g/mol. The van der Waals surface area contributed by atoms with E-state index in [-0.39, 0.29) is 12.3 Å². The lowest BCUT2D eigenvalue weighted by molar-refractivity contribution is -0.143. The summed E-state index contributed by atoms with van der Waals surface area (Å²) in [6.45, 7) is 1.34. The van der Waals surface area contributed by atoms with E-state index in [1.54, 1.807) is 13.0 Å². The van der Waals surface area contributed by atoms with Crippen molar-refractivity contribution in [2.75, 3.05) is 6.61 Å². The predicted molar refractivity (Wildman–Crippen MR) is 52.7 cm³/mol. The van der Waals surface area contributed by atoms with Crippen molar-refractivity contribution in [3.8, 4) is 6.07 Å². The molecule has 0 saturated heterocycles. The molecule has 0 amide bonds. The van der Waals surface area contributed by atoms with Crippen LogP contribution in [0.1, 0.15) is 12.6 Å². The van der Waals surface area contributed by atoms with Crippen LogP contribution in [0.15, 0.2) is 15.8 Å². The third-order valence-electron chi connectivity index (χ3n) is 1.78. The van der Waals surface area contributed by atoms with Gasteiger partial charge in [0.15, 0.2) is 0 Å². The van der Waals surface area contributed by atoms with Crippen molar-refractivity contribution in [3.05, 3.63) is 32.6 Å². The second kappa shape index (κ2) is 4.93. The summed E-state index contributed by atoms with van der Waals surface area (Å²) in [7, 11) is 0. The van der Waals surface area contributed by atoms with E-state index in [9.17, 15) is 14.4 Å². The smallest absolute Gasteiger partial charge is 0.326 e. The summed E-state index contributed by atoms with van der Waals surface area (Å²) >= 11 is 0. The number of rotatable bonds is 3. The number of hydrogen-bond donors (Lipinski definition) is 1. The van der Waals surface area contributed by atoms with Crippen molar-refractivity contribution in [1.82, 2.24) is 9.55 Å². The molecule has 1 aromatic rings. The van der Waals surface area contributed by atoms with Crippen LogP contribution in [-0.2, 0) is 16.1 Å². The highest BCUT2D eigenvalue weighted by atomic mass is 16.5. The minimum absolute atomic E-state index is 0.0994. The van der Waals surface area contributed by atoms with E-state index >= 15 is 0 Å². The number of esters is 1. The normalized spacial score (nSPS) is 9.50. The molecule has 0 unspecified atom stereocenters. The molecule has 0 spiro atoms. The summed E-state index contributed by atoms with van der Waals surface area (Å²) < 4.78 is 5.39. The molecule has 7 nitrogen and oxygen atoms in total. The summed E-state index contributed by atoms with van der Waals surface area (Å²) in [4.78, 5) is 35.6. The molecule has 1 rings (SSSR count). The zero-order chi connectivity index (χ0) is 12.1. The Morgan fingerprint density at radius 2 is 2.31 bits per heavy atom. The molecule has 1 heterocycles.